The number of hydrogen-bond donors (Lipinski definition) is 3. The lowest BCUT2D eigenvalue weighted by atomic mass is 10.2. The molecule has 0 saturated carbocycles. The second-order valence-corrected chi connectivity index (χ2v) is 9.91. The maximum atomic E-state index is 12.1. The number of aliphatic hydroxyl groups is 1. The molecule has 3 N–H and O–H groups in total. The van der Waals surface area contributed by atoms with Crippen molar-refractivity contribution >= 4 is 43.1 Å². The van der Waals surface area contributed by atoms with Crippen LogP contribution in [0.3, 0.4) is 0 Å². The Bertz CT molecular complexity index is 783. The van der Waals surface area contributed by atoms with E-state index in [1.165, 1.54) is 18.2 Å². The number of benzene rings is 1. The van der Waals surface area contributed by atoms with Crippen molar-refractivity contribution in [3.63, 3.8) is 0 Å². The third-order valence-corrected chi connectivity index (χ3v) is 7.26. The first-order valence-electron chi connectivity index (χ1n) is 6.67. The topological polar surface area (TPSA) is 113 Å². The summed E-state index contributed by atoms with van der Waals surface area (Å²) in [5, 5.41) is 12.8. The van der Waals surface area contributed by atoms with Gasteiger partial charge < -0.3 is 10.4 Å². The average Bonchev–Trinajstić information content (AvgIpc) is 2.70. The van der Waals surface area contributed by atoms with Gasteiger partial charge >= 0.3 is 0 Å². The number of halogens is 2. The second kappa shape index (κ2) is 7.22. The first-order chi connectivity index (χ1) is 10.6. The van der Waals surface area contributed by atoms with Gasteiger partial charge in [0, 0.05) is 19.1 Å². The van der Waals surface area contributed by atoms with Gasteiger partial charge in [0.15, 0.2) is 9.84 Å². The van der Waals surface area contributed by atoms with Crippen LogP contribution in [-0.4, -0.2) is 58.7 Å². The van der Waals surface area contributed by atoms with Gasteiger partial charge in [0.05, 0.1) is 32.6 Å². The summed E-state index contributed by atoms with van der Waals surface area (Å²) in [7, 11) is -6.99. The quantitative estimate of drug-likeness (QED) is 0.578. The van der Waals surface area contributed by atoms with Crippen molar-refractivity contribution in [3.8, 4) is 0 Å². The molecule has 2 atom stereocenters. The lowest BCUT2D eigenvalue weighted by Crippen LogP contribution is -2.42. The monoisotopic (exact) mass is 402 g/mol. The van der Waals surface area contributed by atoms with Gasteiger partial charge in [-0.1, -0.05) is 23.2 Å². The first kappa shape index (κ1) is 18.9. The van der Waals surface area contributed by atoms with Crippen molar-refractivity contribution in [1.29, 1.82) is 0 Å². The summed E-state index contributed by atoms with van der Waals surface area (Å²) in [6, 6.07) is 3.37. The smallest absolute Gasteiger partial charge is 0.240 e. The zero-order chi connectivity index (χ0) is 17.3. The van der Waals surface area contributed by atoms with Crippen LogP contribution in [0.15, 0.2) is 23.1 Å². The van der Waals surface area contributed by atoms with Crippen LogP contribution >= 0.6 is 23.2 Å². The number of aliphatic hydroxyl groups excluding tert-OH is 1. The third-order valence-electron chi connectivity index (χ3n) is 3.35. The molecule has 1 aromatic rings. The van der Waals surface area contributed by atoms with Crippen LogP contribution in [0.5, 0.6) is 0 Å². The predicted molar refractivity (Wildman–Crippen MR) is 88.1 cm³/mol. The van der Waals surface area contributed by atoms with Crippen LogP contribution in [0.4, 0.5) is 0 Å². The summed E-state index contributed by atoms with van der Waals surface area (Å²) < 4.78 is 49.2. The first-order valence-corrected chi connectivity index (χ1v) is 10.7. The zero-order valence-corrected chi connectivity index (χ0v) is 15.0. The Labute approximate surface area is 145 Å². The van der Waals surface area contributed by atoms with Crippen LogP contribution in [0.2, 0.25) is 10.0 Å². The molecule has 11 heteroatoms. The fraction of sp³-hybridized carbons (Fsp3) is 0.500. The molecule has 130 valence electrons. The molecule has 1 aliphatic rings. The molecular weight excluding hydrogens is 387 g/mol. The van der Waals surface area contributed by atoms with Crippen LogP contribution in [0.25, 0.3) is 0 Å². The van der Waals surface area contributed by atoms with Gasteiger partial charge in [0.1, 0.15) is 0 Å². The van der Waals surface area contributed by atoms with E-state index in [-0.39, 0.29) is 39.5 Å². The summed E-state index contributed by atoms with van der Waals surface area (Å²) in [6.45, 7) is 0.212. The van der Waals surface area contributed by atoms with Crippen LogP contribution < -0.4 is 10.0 Å². The lowest BCUT2D eigenvalue weighted by Gasteiger charge is -2.15. The number of hydrogen-bond acceptors (Lipinski definition) is 6. The fourth-order valence-electron chi connectivity index (χ4n) is 2.19. The van der Waals surface area contributed by atoms with Crippen molar-refractivity contribution < 1.29 is 21.9 Å². The van der Waals surface area contributed by atoms with Crippen molar-refractivity contribution in [2.45, 2.75) is 17.0 Å². The largest absolute Gasteiger partial charge is 0.390 e. The molecule has 1 heterocycles. The van der Waals surface area contributed by atoms with Crippen LogP contribution in [0.1, 0.15) is 0 Å². The molecule has 1 fully saturated rings. The molecule has 0 spiro atoms. The van der Waals surface area contributed by atoms with Crippen LogP contribution in [0, 0.1) is 0 Å². The molecule has 7 nitrogen and oxygen atoms in total. The highest BCUT2D eigenvalue weighted by molar-refractivity contribution is 7.91. The number of nitrogens with one attached hydrogen (secondary N) is 2. The van der Waals surface area contributed by atoms with Gasteiger partial charge in [0.2, 0.25) is 10.0 Å². The molecule has 23 heavy (non-hydrogen) atoms. The predicted octanol–water partition coefficient (Wildman–Crippen LogP) is 0.0192. The summed E-state index contributed by atoms with van der Waals surface area (Å²) >= 11 is 11.5. The minimum Gasteiger partial charge on any atom is -0.390 e. The summed E-state index contributed by atoms with van der Waals surface area (Å²) in [5.41, 5.74) is 0. The molecular formula is C12H16Cl2N2O5S2. The van der Waals surface area contributed by atoms with E-state index in [0.717, 1.165) is 0 Å². The number of rotatable bonds is 6. The standard InChI is InChI=1S/C12H16Cl2N2O5S2/c13-9-2-1-8(5-10(9)14)23(20,21)16-4-3-15-11-6-22(18,19)7-12(11)17/h1-2,5,11-12,15-17H,3-4,6-7H2/t11-,12-/m1/s1. The van der Waals surface area contributed by atoms with E-state index < -0.39 is 32.0 Å². The molecule has 2 rings (SSSR count). The lowest BCUT2D eigenvalue weighted by molar-refractivity contribution is 0.166. The summed E-state index contributed by atoms with van der Waals surface area (Å²) in [4.78, 5) is -0.0182. The second-order valence-electron chi connectivity index (χ2n) is 5.18. The molecule has 1 aliphatic heterocycles. The van der Waals surface area contributed by atoms with Crippen molar-refractivity contribution in [2.75, 3.05) is 24.6 Å². The molecule has 1 saturated heterocycles. The minimum absolute atomic E-state index is 0.0182. The molecule has 0 unspecified atom stereocenters. The van der Waals surface area contributed by atoms with Gasteiger partial charge in [-0.2, -0.15) is 0 Å². The van der Waals surface area contributed by atoms with E-state index >= 15 is 0 Å². The van der Waals surface area contributed by atoms with E-state index in [1.54, 1.807) is 0 Å². The van der Waals surface area contributed by atoms with Gasteiger partial charge in [0.25, 0.3) is 0 Å². The Kier molecular flexibility index (Phi) is 5.94. The van der Waals surface area contributed by atoms with E-state index in [2.05, 4.69) is 10.0 Å². The van der Waals surface area contributed by atoms with E-state index in [9.17, 15) is 21.9 Å². The van der Waals surface area contributed by atoms with E-state index in [4.69, 9.17) is 23.2 Å². The highest BCUT2D eigenvalue weighted by Crippen LogP contribution is 2.24. The molecule has 0 amide bonds. The maximum absolute atomic E-state index is 12.1. The Balaban J connectivity index is 1.87. The summed E-state index contributed by atoms with van der Waals surface area (Å²) in [5.74, 6) is -0.437. The van der Waals surface area contributed by atoms with Crippen molar-refractivity contribution in [2.24, 2.45) is 0 Å². The Morgan fingerprint density at radius 3 is 2.43 bits per heavy atom. The highest BCUT2D eigenvalue weighted by atomic mass is 35.5. The Hall–Kier alpha value is -0.420. The number of sulfonamides is 1. The molecule has 0 bridgehead atoms. The normalized spacial score (nSPS) is 24.0. The van der Waals surface area contributed by atoms with Crippen molar-refractivity contribution in [3.05, 3.63) is 28.2 Å². The van der Waals surface area contributed by atoms with Gasteiger partial charge in [-0.3, -0.25) is 0 Å². The van der Waals surface area contributed by atoms with Gasteiger partial charge in [-0.25, -0.2) is 21.6 Å². The third kappa shape index (κ3) is 5.02. The van der Waals surface area contributed by atoms with E-state index in [0.29, 0.717) is 0 Å². The van der Waals surface area contributed by atoms with Crippen LogP contribution in [-0.2, 0) is 19.9 Å². The summed E-state index contributed by atoms with van der Waals surface area (Å²) in [6.07, 6.45) is -0.980. The van der Waals surface area contributed by atoms with Gasteiger partial charge in [-0.15, -0.1) is 0 Å². The van der Waals surface area contributed by atoms with Crippen molar-refractivity contribution in [1.82, 2.24) is 10.0 Å². The highest BCUT2D eigenvalue weighted by Gasteiger charge is 2.35. The molecule has 0 aromatic heterocycles. The molecule has 0 radical (unpaired) electrons. The average molecular weight is 403 g/mol. The maximum Gasteiger partial charge on any atom is 0.240 e. The minimum atomic E-state index is -3.75. The fourth-order valence-corrected chi connectivity index (χ4v) is 5.39. The van der Waals surface area contributed by atoms with Gasteiger partial charge in [-0.05, 0) is 18.2 Å². The molecule has 0 aliphatic carbocycles. The number of sulfone groups is 1. The van der Waals surface area contributed by atoms with E-state index in [1.807, 2.05) is 0 Å². The molecule has 1 aromatic carbocycles. The zero-order valence-electron chi connectivity index (χ0n) is 11.9. The Morgan fingerprint density at radius 2 is 1.87 bits per heavy atom. The Morgan fingerprint density at radius 1 is 1.17 bits per heavy atom. The SMILES string of the molecule is O=S1(=O)C[C@@H](O)[C@H](NCCNS(=O)(=O)c2ccc(Cl)c(Cl)c2)C1.